The van der Waals surface area contributed by atoms with Crippen LogP contribution in [0.3, 0.4) is 0 Å². The zero-order valence-electron chi connectivity index (χ0n) is 21.8. The molecular formula is C28H40N4O2S. The van der Waals surface area contributed by atoms with Crippen LogP contribution in [-0.2, 0) is 6.42 Å². The molecule has 3 heterocycles. The van der Waals surface area contributed by atoms with Crippen LogP contribution in [0.1, 0.15) is 55.8 Å². The minimum atomic E-state index is 0.0406. The molecule has 3 amide bonds. The highest BCUT2D eigenvalue weighted by atomic mass is 32.1. The van der Waals surface area contributed by atoms with Crippen LogP contribution in [0.25, 0.3) is 10.4 Å². The van der Waals surface area contributed by atoms with Gasteiger partial charge in [0, 0.05) is 50.2 Å². The van der Waals surface area contributed by atoms with Gasteiger partial charge in [0.15, 0.2) is 0 Å². The van der Waals surface area contributed by atoms with Crippen LogP contribution in [0.15, 0.2) is 36.4 Å². The number of urea groups is 1. The van der Waals surface area contributed by atoms with Gasteiger partial charge in [0.2, 0.25) is 0 Å². The van der Waals surface area contributed by atoms with E-state index in [4.69, 9.17) is 0 Å². The van der Waals surface area contributed by atoms with Crippen LogP contribution < -0.4 is 5.32 Å². The lowest BCUT2D eigenvalue weighted by Crippen LogP contribution is -2.46. The molecule has 2 aromatic rings. The van der Waals surface area contributed by atoms with Crippen LogP contribution in [-0.4, -0.2) is 78.0 Å². The lowest BCUT2D eigenvalue weighted by atomic mass is 10.1. The lowest BCUT2D eigenvalue weighted by Gasteiger charge is -2.27. The Bertz CT molecular complexity index is 1020. The fourth-order valence-corrected chi connectivity index (χ4v) is 5.91. The Kier molecular flexibility index (Phi) is 8.17. The molecule has 35 heavy (non-hydrogen) atoms. The summed E-state index contributed by atoms with van der Waals surface area (Å²) in [7, 11) is 1.87. The van der Waals surface area contributed by atoms with Crippen molar-refractivity contribution in [3.63, 3.8) is 0 Å². The molecular weight excluding hydrogens is 456 g/mol. The average molecular weight is 497 g/mol. The average Bonchev–Trinajstić information content (AvgIpc) is 3.63. The van der Waals surface area contributed by atoms with Crippen LogP contribution in [0.5, 0.6) is 0 Å². The summed E-state index contributed by atoms with van der Waals surface area (Å²) in [4.78, 5) is 34.0. The molecule has 0 aliphatic carbocycles. The minimum absolute atomic E-state index is 0.0406. The van der Waals surface area contributed by atoms with E-state index in [0.717, 1.165) is 47.7 Å². The third kappa shape index (κ3) is 5.89. The summed E-state index contributed by atoms with van der Waals surface area (Å²) in [5.74, 6) is 0.618. The molecule has 2 fully saturated rings. The maximum Gasteiger partial charge on any atom is 0.320 e. The predicted molar refractivity (Wildman–Crippen MR) is 144 cm³/mol. The SMILES string of the molecule is CCc1ccc(-c2ccc(C(=O)N(C)[C@H]3CCN(C(=O)N4CC[C@@H](N[C@@H](C)C(C)C)C4)C3)s2)cc1. The van der Waals surface area contributed by atoms with E-state index >= 15 is 0 Å². The molecule has 6 nitrogen and oxygen atoms in total. The van der Waals surface area contributed by atoms with E-state index in [1.165, 1.54) is 5.56 Å². The third-order valence-electron chi connectivity index (χ3n) is 7.72. The summed E-state index contributed by atoms with van der Waals surface area (Å²) in [6, 6.07) is 13.5. The first-order valence-electron chi connectivity index (χ1n) is 13.0. The number of nitrogens with zero attached hydrogens (tertiary/aromatic N) is 3. The molecule has 1 aromatic heterocycles. The number of likely N-dealkylation sites (tertiary alicyclic amines) is 2. The topological polar surface area (TPSA) is 55.9 Å². The van der Waals surface area contributed by atoms with Crippen molar-refractivity contribution in [3.05, 3.63) is 46.8 Å². The van der Waals surface area contributed by atoms with E-state index in [2.05, 4.69) is 57.3 Å². The summed E-state index contributed by atoms with van der Waals surface area (Å²) in [5, 5.41) is 3.67. The Labute approximate surface area is 214 Å². The largest absolute Gasteiger partial charge is 0.336 e. The van der Waals surface area contributed by atoms with Crippen molar-refractivity contribution in [3.8, 4) is 10.4 Å². The molecule has 0 radical (unpaired) electrons. The first-order valence-corrected chi connectivity index (χ1v) is 13.8. The molecule has 4 rings (SSSR count). The van der Waals surface area contributed by atoms with Gasteiger partial charge in [-0.2, -0.15) is 0 Å². The van der Waals surface area contributed by atoms with E-state index in [1.807, 2.05) is 33.9 Å². The summed E-state index contributed by atoms with van der Waals surface area (Å²) >= 11 is 1.54. The number of rotatable bonds is 7. The minimum Gasteiger partial charge on any atom is -0.336 e. The zero-order valence-corrected chi connectivity index (χ0v) is 22.6. The second-order valence-electron chi connectivity index (χ2n) is 10.4. The summed E-state index contributed by atoms with van der Waals surface area (Å²) in [6.45, 7) is 11.7. The van der Waals surface area contributed by atoms with E-state index in [-0.39, 0.29) is 18.0 Å². The smallest absolute Gasteiger partial charge is 0.320 e. The normalized spacial score (nSPS) is 21.1. The van der Waals surface area contributed by atoms with Gasteiger partial charge in [-0.3, -0.25) is 4.79 Å². The molecule has 2 aliphatic rings. The van der Waals surface area contributed by atoms with Crippen molar-refractivity contribution in [1.82, 2.24) is 20.0 Å². The Morgan fingerprint density at radius 1 is 1.03 bits per heavy atom. The molecule has 1 aromatic carbocycles. The number of likely N-dealkylation sites (N-methyl/N-ethyl adjacent to an activating group) is 1. The van der Waals surface area contributed by atoms with Crippen LogP contribution in [0.4, 0.5) is 4.79 Å². The number of carbonyl (C=O) groups excluding carboxylic acids is 2. The third-order valence-corrected chi connectivity index (χ3v) is 8.85. The number of nitrogens with one attached hydrogen (secondary N) is 1. The second kappa shape index (κ2) is 11.1. The molecule has 190 valence electrons. The monoisotopic (exact) mass is 496 g/mol. The molecule has 3 atom stereocenters. The molecule has 1 N–H and O–H groups in total. The van der Waals surface area contributed by atoms with Gasteiger partial charge in [0.05, 0.1) is 10.9 Å². The summed E-state index contributed by atoms with van der Waals surface area (Å²) < 4.78 is 0. The predicted octanol–water partition coefficient (Wildman–Crippen LogP) is 4.95. The van der Waals surface area contributed by atoms with Crippen molar-refractivity contribution >= 4 is 23.3 Å². The van der Waals surface area contributed by atoms with Crippen LogP contribution >= 0.6 is 11.3 Å². The Balaban J connectivity index is 1.31. The lowest BCUT2D eigenvalue weighted by molar-refractivity contribution is 0.0740. The Morgan fingerprint density at radius 3 is 2.40 bits per heavy atom. The maximum atomic E-state index is 13.2. The number of hydrogen-bond acceptors (Lipinski definition) is 4. The van der Waals surface area contributed by atoms with E-state index in [0.29, 0.717) is 31.1 Å². The highest BCUT2D eigenvalue weighted by Crippen LogP contribution is 2.30. The standard InChI is InChI=1S/C28H40N4O2S/c1-6-21-7-9-22(10-8-21)25-11-12-26(35-25)27(33)30(5)24-14-16-32(18-24)28(34)31-15-13-23(17-31)29-20(4)19(2)3/h7-12,19-20,23-24,29H,6,13-18H2,1-5H3/t20-,23+,24-/m0/s1. The number of amides is 3. The highest BCUT2D eigenvalue weighted by molar-refractivity contribution is 7.17. The Hall–Kier alpha value is -2.38. The van der Waals surface area contributed by atoms with Crippen LogP contribution in [0.2, 0.25) is 0 Å². The van der Waals surface area contributed by atoms with Gasteiger partial charge in [0.1, 0.15) is 0 Å². The fraction of sp³-hybridized carbons (Fsp3) is 0.571. The first-order chi connectivity index (χ1) is 16.8. The van der Waals surface area contributed by atoms with Crippen molar-refractivity contribution in [1.29, 1.82) is 0 Å². The number of aryl methyl sites for hydroxylation is 1. The number of carbonyl (C=O) groups is 2. The highest BCUT2D eigenvalue weighted by Gasteiger charge is 2.36. The quantitative estimate of drug-likeness (QED) is 0.590. The molecule has 2 saturated heterocycles. The van der Waals surface area contributed by atoms with Crippen molar-refractivity contribution in [2.45, 2.75) is 65.1 Å². The second-order valence-corrected chi connectivity index (χ2v) is 11.5. The van der Waals surface area contributed by atoms with Gasteiger partial charge < -0.3 is 20.0 Å². The van der Waals surface area contributed by atoms with Gasteiger partial charge in [-0.15, -0.1) is 11.3 Å². The van der Waals surface area contributed by atoms with Gasteiger partial charge in [-0.1, -0.05) is 45.0 Å². The number of thiophene rings is 1. The van der Waals surface area contributed by atoms with Crippen molar-refractivity contribution in [2.24, 2.45) is 5.92 Å². The molecule has 7 heteroatoms. The van der Waals surface area contributed by atoms with Crippen molar-refractivity contribution < 1.29 is 9.59 Å². The summed E-state index contributed by atoms with van der Waals surface area (Å²) in [6.07, 6.45) is 2.84. The molecule has 0 unspecified atom stereocenters. The maximum absolute atomic E-state index is 13.2. The van der Waals surface area contributed by atoms with Crippen molar-refractivity contribution in [2.75, 3.05) is 33.2 Å². The zero-order chi connectivity index (χ0) is 25.1. The molecule has 2 aliphatic heterocycles. The number of hydrogen-bond donors (Lipinski definition) is 1. The van der Waals surface area contributed by atoms with Gasteiger partial charge in [-0.25, -0.2) is 4.79 Å². The van der Waals surface area contributed by atoms with Gasteiger partial charge >= 0.3 is 6.03 Å². The van der Waals surface area contributed by atoms with E-state index in [1.54, 1.807) is 11.3 Å². The number of benzene rings is 1. The molecule has 0 saturated carbocycles. The summed E-state index contributed by atoms with van der Waals surface area (Å²) in [5.41, 5.74) is 2.46. The molecule has 0 spiro atoms. The van der Waals surface area contributed by atoms with Gasteiger partial charge in [0.25, 0.3) is 5.91 Å². The Morgan fingerprint density at radius 2 is 1.71 bits per heavy atom. The van der Waals surface area contributed by atoms with Crippen LogP contribution in [0, 0.1) is 5.92 Å². The van der Waals surface area contributed by atoms with E-state index in [9.17, 15) is 9.59 Å². The van der Waals surface area contributed by atoms with Gasteiger partial charge in [-0.05, 0) is 55.4 Å². The first kappa shape index (κ1) is 25.7. The van der Waals surface area contributed by atoms with E-state index < -0.39 is 0 Å². The fourth-order valence-electron chi connectivity index (χ4n) is 4.92. The molecule has 0 bridgehead atoms.